The molecule has 0 saturated carbocycles. The molecule has 0 fully saturated rings. The summed E-state index contributed by atoms with van der Waals surface area (Å²) in [6.45, 7) is 2.03. The maximum atomic E-state index is 12.3. The summed E-state index contributed by atoms with van der Waals surface area (Å²) >= 11 is 2.24. The Morgan fingerprint density at radius 2 is 2.00 bits per heavy atom. The summed E-state index contributed by atoms with van der Waals surface area (Å²) in [5.74, 6) is -0.101. The van der Waals surface area contributed by atoms with Gasteiger partial charge in [0.15, 0.2) is 0 Å². The first kappa shape index (κ1) is 14.0. The number of anilines is 1. The van der Waals surface area contributed by atoms with Gasteiger partial charge in [-0.15, -0.1) is 0 Å². The molecule has 0 aliphatic heterocycles. The van der Waals surface area contributed by atoms with Crippen molar-refractivity contribution in [2.24, 2.45) is 0 Å². The van der Waals surface area contributed by atoms with E-state index in [1.165, 1.54) is 5.56 Å². The average molecular weight is 388 g/mol. The van der Waals surface area contributed by atoms with Gasteiger partial charge in [0.1, 0.15) is 0 Å². The Morgan fingerprint density at radius 1 is 1.14 bits per heavy atom. The van der Waals surface area contributed by atoms with Crippen molar-refractivity contribution in [2.45, 2.75) is 6.92 Å². The molecule has 0 bridgehead atoms. The largest absolute Gasteiger partial charge is 0.322 e. The number of carbonyl (C=O) groups is 1. The van der Waals surface area contributed by atoms with E-state index in [0.717, 1.165) is 20.2 Å². The highest BCUT2D eigenvalue weighted by molar-refractivity contribution is 14.1. The Bertz CT molecular complexity index is 830. The van der Waals surface area contributed by atoms with Gasteiger partial charge in [-0.25, -0.2) is 0 Å². The molecule has 1 aromatic heterocycles. The summed E-state index contributed by atoms with van der Waals surface area (Å²) < 4.78 is 1.09. The lowest BCUT2D eigenvalue weighted by Gasteiger charge is -2.07. The van der Waals surface area contributed by atoms with Gasteiger partial charge in [-0.05, 0) is 71.5 Å². The predicted molar refractivity (Wildman–Crippen MR) is 93.6 cm³/mol. The van der Waals surface area contributed by atoms with E-state index in [9.17, 15) is 4.79 Å². The van der Waals surface area contributed by atoms with E-state index >= 15 is 0 Å². The number of aromatic nitrogens is 1. The van der Waals surface area contributed by atoms with E-state index in [0.29, 0.717) is 5.56 Å². The molecule has 104 valence electrons. The normalized spacial score (nSPS) is 10.6. The van der Waals surface area contributed by atoms with E-state index < -0.39 is 0 Å². The summed E-state index contributed by atoms with van der Waals surface area (Å²) in [6.07, 6.45) is 1.76. The van der Waals surface area contributed by atoms with Gasteiger partial charge in [0, 0.05) is 26.4 Å². The van der Waals surface area contributed by atoms with Gasteiger partial charge in [0.05, 0.1) is 5.52 Å². The number of nitrogens with zero attached hydrogens (tertiary/aromatic N) is 1. The van der Waals surface area contributed by atoms with Crippen LogP contribution in [0.1, 0.15) is 15.9 Å². The number of fused-ring (bicyclic) bond motifs is 1. The van der Waals surface area contributed by atoms with Crippen molar-refractivity contribution >= 4 is 45.1 Å². The Kier molecular flexibility index (Phi) is 3.88. The number of aryl methyl sites for hydroxylation is 1. The first-order chi connectivity index (χ1) is 10.1. The molecule has 4 heteroatoms. The third-order valence-electron chi connectivity index (χ3n) is 3.29. The highest BCUT2D eigenvalue weighted by atomic mass is 127. The Hall–Kier alpha value is -1.95. The van der Waals surface area contributed by atoms with Crippen molar-refractivity contribution in [3.63, 3.8) is 0 Å². The van der Waals surface area contributed by atoms with Crippen LogP contribution in [0.2, 0.25) is 0 Å². The second-order valence-corrected chi connectivity index (χ2v) is 5.99. The van der Waals surface area contributed by atoms with Gasteiger partial charge in [0.2, 0.25) is 0 Å². The maximum Gasteiger partial charge on any atom is 0.255 e. The van der Waals surface area contributed by atoms with Crippen LogP contribution in [0, 0.1) is 10.5 Å². The molecule has 2 aromatic carbocycles. The smallest absolute Gasteiger partial charge is 0.255 e. The van der Waals surface area contributed by atoms with E-state index in [4.69, 9.17) is 0 Å². The molecule has 0 radical (unpaired) electrons. The summed E-state index contributed by atoms with van der Waals surface area (Å²) in [6, 6.07) is 15.3. The molecule has 0 spiro atoms. The number of halogens is 1. The van der Waals surface area contributed by atoms with Crippen LogP contribution in [-0.4, -0.2) is 10.9 Å². The SMILES string of the molecule is Cc1ccc(C(=O)Nc2ccc3ncccc3c2)cc1I. The van der Waals surface area contributed by atoms with Gasteiger partial charge in [-0.1, -0.05) is 12.1 Å². The minimum Gasteiger partial charge on any atom is -0.322 e. The molecule has 1 N–H and O–H groups in total. The standard InChI is InChI=1S/C17H13IN2O/c1-11-4-5-13(10-15(11)18)17(21)20-14-6-7-16-12(9-14)3-2-8-19-16/h2-10H,1H3,(H,20,21). The molecule has 0 unspecified atom stereocenters. The fourth-order valence-electron chi connectivity index (χ4n) is 2.09. The fourth-order valence-corrected chi connectivity index (χ4v) is 2.61. The molecule has 1 amide bonds. The van der Waals surface area contributed by atoms with Gasteiger partial charge in [-0.2, -0.15) is 0 Å². The maximum absolute atomic E-state index is 12.3. The monoisotopic (exact) mass is 388 g/mol. The van der Waals surface area contributed by atoms with Crippen LogP contribution in [0.4, 0.5) is 5.69 Å². The number of hydrogen-bond donors (Lipinski definition) is 1. The number of hydrogen-bond acceptors (Lipinski definition) is 2. The van der Waals surface area contributed by atoms with Crippen LogP contribution in [0.25, 0.3) is 10.9 Å². The number of carbonyl (C=O) groups excluding carboxylic acids is 1. The Morgan fingerprint density at radius 3 is 2.81 bits per heavy atom. The number of nitrogens with one attached hydrogen (secondary N) is 1. The number of pyridine rings is 1. The molecule has 3 nitrogen and oxygen atoms in total. The minimum atomic E-state index is -0.101. The van der Waals surface area contributed by atoms with Crippen LogP contribution in [-0.2, 0) is 0 Å². The van der Waals surface area contributed by atoms with Crippen molar-refractivity contribution in [3.05, 3.63) is 69.4 Å². The van der Waals surface area contributed by atoms with Crippen molar-refractivity contribution < 1.29 is 4.79 Å². The highest BCUT2D eigenvalue weighted by Gasteiger charge is 2.08. The molecule has 0 atom stereocenters. The number of benzene rings is 2. The van der Waals surface area contributed by atoms with Crippen molar-refractivity contribution in [1.82, 2.24) is 4.98 Å². The zero-order valence-electron chi connectivity index (χ0n) is 11.4. The van der Waals surface area contributed by atoms with Gasteiger partial charge < -0.3 is 5.32 Å². The minimum absolute atomic E-state index is 0.101. The van der Waals surface area contributed by atoms with Crippen LogP contribution in [0.15, 0.2) is 54.7 Å². The molecular formula is C17H13IN2O. The molecule has 0 aliphatic rings. The molecule has 21 heavy (non-hydrogen) atoms. The summed E-state index contributed by atoms with van der Waals surface area (Å²) in [5, 5.41) is 3.94. The second-order valence-electron chi connectivity index (χ2n) is 4.83. The molecule has 3 aromatic rings. The molecule has 3 rings (SSSR count). The van der Waals surface area contributed by atoms with Crippen molar-refractivity contribution in [2.75, 3.05) is 5.32 Å². The van der Waals surface area contributed by atoms with E-state index in [-0.39, 0.29) is 5.91 Å². The molecule has 0 saturated heterocycles. The lowest BCUT2D eigenvalue weighted by atomic mass is 10.1. The lowest BCUT2D eigenvalue weighted by Crippen LogP contribution is -2.12. The number of amides is 1. The van der Waals surface area contributed by atoms with Gasteiger partial charge in [-0.3, -0.25) is 9.78 Å². The summed E-state index contributed by atoms with van der Waals surface area (Å²) in [4.78, 5) is 16.6. The average Bonchev–Trinajstić information content (AvgIpc) is 2.50. The quantitative estimate of drug-likeness (QED) is 0.662. The topological polar surface area (TPSA) is 42.0 Å². The first-order valence-corrected chi connectivity index (χ1v) is 7.64. The third kappa shape index (κ3) is 3.05. The zero-order chi connectivity index (χ0) is 14.8. The lowest BCUT2D eigenvalue weighted by molar-refractivity contribution is 0.102. The second kappa shape index (κ2) is 5.81. The highest BCUT2D eigenvalue weighted by Crippen LogP contribution is 2.19. The Balaban J connectivity index is 1.87. The Labute approximate surface area is 136 Å². The van der Waals surface area contributed by atoms with Gasteiger partial charge in [0.25, 0.3) is 5.91 Å². The first-order valence-electron chi connectivity index (χ1n) is 6.56. The predicted octanol–water partition coefficient (Wildman–Crippen LogP) is 4.40. The fraction of sp³-hybridized carbons (Fsp3) is 0.0588. The van der Waals surface area contributed by atoms with E-state index in [1.807, 2.05) is 55.5 Å². The zero-order valence-corrected chi connectivity index (χ0v) is 13.6. The third-order valence-corrected chi connectivity index (χ3v) is 4.46. The van der Waals surface area contributed by atoms with Crippen LogP contribution >= 0.6 is 22.6 Å². The summed E-state index contributed by atoms with van der Waals surface area (Å²) in [5.41, 5.74) is 3.52. The van der Waals surface area contributed by atoms with Crippen molar-refractivity contribution in [1.29, 1.82) is 0 Å². The number of rotatable bonds is 2. The van der Waals surface area contributed by atoms with Crippen molar-refractivity contribution in [3.8, 4) is 0 Å². The molecular weight excluding hydrogens is 375 g/mol. The van der Waals surface area contributed by atoms with Crippen LogP contribution < -0.4 is 5.32 Å². The van der Waals surface area contributed by atoms with E-state index in [2.05, 4.69) is 32.9 Å². The van der Waals surface area contributed by atoms with Crippen LogP contribution in [0.3, 0.4) is 0 Å². The van der Waals surface area contributed by atoms with E-state index in [1.54, 1.807) is 6.20 Å². The van der Waals surface area contributed by atoms with Crippen LogP contribution in [0.5, 0.6) is 0 Å². The summed E-state index contributed by atoms with van der Waals surface area (Å²) in [7, 11) is 0. The van der Waals surface area contributed by atoms with Gasteiger partial charge >= 0.3 is 0 Å². The molecule has 0 aliphatic carbocycles. The molecule has 1 heterocycles.